The number of rotatable bonds is 5. The van der Waals surface area contributed by atoms with Gasteiger partial charge >= 0.3 is 0 Å². The Morgan fingerprint density at radius 2 is 2.24 bits per heavy atom. The number of carbonyl (C=O) groups is 1. The summed E-state index contributed by atoms with van der Waals surface area (Å²) >= 11 is 0. The molecule has 2 atom stereocenters. The second kappa shape index (κ2) is 6.54. The van der Waals surface area contributed by atoms with Gasteiger partial charge in [0.2, 0.25) is 5.91 Å². The van der Waals surface area contributed by atoms with Crippen LogP contribution in [0.1, 0.15) is 30.9 Å². The van der Waals surface area contributed by atoms with Crippen LogP contribution in [0.15, 0.2) is 24.3 Å². The first kappa shape index (κ1) is 14.5. The van der Waals surface area contributed by atoms with Crippen molar-refractivity contribution in [2.24, 2.45) is 0 Å². The van der Waals surface area contributed by atoms with Crippen LogP contribution in [0.5, 0.6) is 0 Å². The molecule has 0 aliphatic carbocycles. The van der Waals surface area contributed by atoms with Gasteiger partial charge in [-0.25, -0.2) is 4.39 Å². The average molecular weight is 292 g/mol. The van der Waals surface area contributed by atoms with Crippen molar-refractivity contribution in [2.75, 3.05) is 26.2 Å². The van der Waals surface area contributed by atoms with Gasteiger partial charge in [-0.2, -0.15) is 0 Å². The van der Waals surface area contributed by atoms with E-state index in [9.17, 15) is 9.18 Å². The van der Waals surface area contributed by atoms with Crippen molar-refractivity contribution in [1.82, 2.24) is 10.2 Å². The number of nitrogens with one attached hydrogen (secondary N) is 1. The van der Waals surface area contributed by atoms with E-state index in [-0.39, 0.29) is 23.9 Å². The predicted octanol–water partition coefficient (Wildman–Crippen LogP) is 1.87. The van der Waals surface area contributed by atoms with E-state index < -0.39 is 0 Å². The van der Waals surface area contributed by atoms with Crippen molar-refractivity contribution in [2.45, 2.75) is 31.4 Å². The van der Waals surface area contributed by atoms with Gasteiger partial charge in [0.05, 0.1) is 12.6 Å². The van der Waals surface area contributed by atoms with Crippen LogP contribution in [0.3, 0.4) is 0 Å². The van der Waals surface area contributed by atoms with Gasteiger partial charge in [0.1, 0.15) is 5.82 Å². The number of amides is 1. The summed E-state index contributed by atoms with van der Waals surface area (Å²) in [4.78, 5) is 14.0. The summed E-state index contributed by atoms with van der Waals surface area (Å²) in [6.07, 6.45) is 3.15. The molecule has 0 unspecified atom stereocenters. The molecule has 2 aliphatic heterocycles. The van der Waals surface area contributed by atoms with Crippen LogP contribution in [-0.4, -0.2) is 43.2 Å². The Morgan fingerprint density at radius 3 is 2.90 bits per heavy atom. The standard InChI is InChI=1S/C16H21FN2O2/c17-14-6-2-1-5-13(14)15-7-8-19(15)11-16(20)18-10-12-4-3-9-21-12/h1-2,5-6,12,15H,3-4,7-11H2,(H,18,20)/t12-,15+/m0/s1. The van der Waals surface area contributed by atoms with E-state index in [2.05, 4.69) is 5.32 Å². The first-order chi connectivity index (χ1) is 10.2. The number of hydrogen-bond donors (Lipinski definition) is 1. The number of nitrogens with zero attached hydrogens (tertiary/aromatic N) is 1. The largest absolute Gasteiger partial charge is 0.376 e. The summed E-state index contributed by atoms with van der Waals surface area (Å²) in [7, 11) is 0. The quantitative estimate of drug-likeness (QED) is 0.901. The Labute approximate surface area is 124 Å². The molecule has 0 aromatic heterocycles. The fourth-order valence-electron chi connectivity index (χ4n) is 3.00. The van der Waals surface area contributed by atoms with Crippen LogP contribution in [0.4, 0.5) is 4.39 Å². The van der Waals surface area contributed by atoms with E-state index in [1.54, 1.807) is 12.1 Å². The van der Waals surface area contributed by atoms with Gasteiger partial charge in [-0.1, -0.05) is 18.2 Å². The molecule has 2 saturated heterocycles. The van der Waals surface area contributed by atoms with E-state index in [1.807, 2.05) is 11.0 Å². The van der Waals surface area contributed by atoms with Gasteiger partial charge in [0.15, 0.2) is 0 Å². The van der Waals surface area contributed by atoms with Crippen LogP contribution >= 0.6 is 0 Å². The highest BCUT2D eigenvalue weighted by molar-refractivity contribution is 5.78. The second-order valence-electron chi connectivity index (χ2n) is 5.74. The van der Waals surface area contributed by atoms with E-state index in [0.717, 1.165) is 32.4 Å². The molecule has 4 nitrogen and oxygen atoms in total. The summed E-state index contributed by atoms with van der Waals surface area (Å²) in [5.74, 6) is -0.196. The third kappa shape index (κ3) is 3.41. The summed E-state index contributed by atoms with van der Waals surface area (Å²) < 4.78 is 19.3. The van der Waals surface area contributed by atoms with Gasteiger partial charge in [-0.05, 0) is 25.3 Å². The molecule has 2 heterocycles. The van der Waals surface area contributed by atoms with Crippen molar-refractivity contribution in [3.8, 4) is 0 Å². The fourth-order valence-corrected chi connectivity index (χ4v) is 3.00. The monoisotopic (exact) mass is 292 g/mol. The SMILES string of the molecule is O=C(CN1CC[C@@H]1c1ccccc1F)NC[C@@H]1CCCO1. The average Bonchev–Trinajstić information content (AvgIpc) is 2.97. The number of hydrogen-bond acceptors (Lipinski definition) is 3. The molecular weight excluding hydrogens is 271 g/mol. The number of carbonyl (C=O) groups excluding carboxylic acids is 1. The number of benzene rings is 1. The molecule has 0 spiro atoms. The van der Waals surface area contributed by atoms with Crippen molar-refractivity contribution >= 4 is 5.91 Å². The van der Waals surface area contributed by atoms with Crippen molar-refractivity contribution < 1.29 is 13.9 Å². The molecule has 2 aliphatic rings. The van der Waals surface area contributed by atoms with Crippen LogP contribution < -0.4 is 5.32 Å². The van der Waals surface area contributed by atoms with Crippen LogP contribution in [0, 0.1) is 5.82 Å². The molecular formula is C16H21FN2O2. The minimum atomic E-state index is -0.188. The molecule has 1 N–H and O–H groups in total. The molecule has 1 aromatic rings. The van der Waals surface area contributed by atoms with E-state index in [4.69, 9.17) is 4.74 Å². The van der Waals surface area contributed by atoms with Crippen LogP contribution in [0.25, 0.3) is 0 Å². The highest BCUT2D eigenvalue weighted by Gasteiger charge is 2.32. The molecule has 5 heteroatoms. The predicted molar refractivity (Wildman–Crippen MR) is 77.3 cm³/mol. The lowest BCUT2D eigenvalue weighted by Gasteiger charge is -2.40. The van der Waals surface area contributed by atoms with E-state index >= 15 is 0 Å². The molecule has 1 amide bonds. The highest BCUT2D eigenvalue weighted by atomic mass is 19.1. The van der Waals surface area contributed by atoms with E-state index in [1.165, 1.54) is 6.07 Å². The normalized spacial score (nSPS) is 25.6. The summed E-state index contributed by atoms with van der Waals surface area (Å²) in [5.41, 5.74) is 0.690. The number of ether oxygens (including phenoxy) is 1. The Kier molecular flexibility index (Phi) is 4.51. The van der Waals surface area contributed by atoms with Crippen LogP contribution in [0.2, 0.25) is 0 Å². The molecule has 21 heavy (non-hydrogen) atoms. The molecule has 3 rings (SSSR count). The molecule has 0 bridgehead atoms. The third-order valence-electron chi connectivity index (χ3n) is 4.29. The Bertz CT molecular complexity index is 503. The van der Waals surface area contributed by atoms with Crippen molar-refractivity contribution in [3.63, 3.8) is 0 Å². The molecule has 1 aromatic carbocycles. The zero-order chi connectivity index (χ0) is 14.7. The first-order valence-corrected chi connectivity index (χ1v) is 7.61. The topological polar surface area (TPSA) is 41.6 Å². The highest BCUT2D eigenvalue weighted by Crippen LogP contribution is 2.33. The minimum Gasteiger partial charge on any atom is -0.376 e. The number of likely N-dealkylation sites (tertiary alicyclic amines) is 1. The Hall–Kier alpha value is -1.46. The first-order valence-electron chi connectivity index (χ1n) is 7.61. The maximum absolute atomic E-state index is 13.8. The summed E-state index contributed by atoms with van der Waals surface area (Å²) in [6, 6.07) is 6.84. The number of halogens is 1. The Balaban J connectivity index is 1.48. The minimum absolute atomic E-state index is 0.00783. The van der Waals surface area contributed by atoms with Crippen molar-refractivity contribution in [1.29, 1.82) is 0 Å². The lowest BCUT2D eigenvalue weighted by Crippen LogP contribution is -2.47. The molecule has 0 saturated carbocycles. The van der Waals surface area contributed by atoms with Gasteiger partial charge in [0, 0.05) is 31.3 Å². The summed E-state index contributed by atoms with van der Waals surface area (Å²) in [6.45, 7) is 2.54. The van der Waals surface area contributed by atoms with Gasteiger partial charge in [0.25, 0.3) is 0 Å². The third-order valence-corrected chi connectivity index (χ3v) is 4.29. The smallest absolute Gasteiger partial charge is 0.234 e. The second-order valence-corrected chi connectivity index (χ2v) is 5.74. The molecule has 114 valence electrons. The molecule has 0 radical (unpaired) electrons. The van der Waals surface area contributed by atoms with E-state index in [0.29, 0.717) is 18.7 Å². The molecule has 2 fully saturated rings. The maximum Gasteiger partial charge on any atom is 0.234 e. The fraction of sp³-hybridized carbons (Fsp3) is 0.562. The lowest BCUT2D eigenvalue weighted by atomic mass is 9.94. The zero-order valence-electron chi connectivity index (χ0n) is 12.1. The van der Waals surface area contributed by atoms with Gasteiger partial charge in [-0.3, -0.25) is 9.69 Å². The lowest BCUT2D eigenvalue weighted by molar-refractivity contribution is -0.124. The summed E-state index contributed by atoms with van der Waals surface area (Å²) in [5, 5.41) is 2.91. The van der Waals surface area contributed by atoms with Gasteiger partial charge in [-0.15, -0.1) is 0 Å². The Morgan fingerprint density at radius 1 is 1.38 bits per heavy atom. The maximum atomic E-state index is 13.8. The van der Waals surface area contributed by atoms with Crippen LogP contribution in [-0.2, 0) is 9.53 Å². The zero-order valence-corrected chi connectivity index (χ0v) is 12.1. The van der Waals surface area contributed by atoms with Crippen molar-refractivity contribution in [3.05, 3.63) is 35.6 Å². The van der Waals surface area contributed by atoms with Gasteiger partial charge < -0.3 is 10.1 Å².